The standard InChI is InChI=1S/C28H29ClN2O6/c1-28(14-33,15-34)19-8-6-17(7-9-19)16-2-4-18(5-3-16)20-10-22-23(11-21(20)29)31-27(30-22)37-25-13-36-24(12-32)26(25)35/h2-11,24-26,32-35H,12-15H2,1H3,(H,30,31)/t24-,25-,26-/m1/s1. The molecule has 0 spiro atoms. The van der Waals surface area contributed by atoms with Gasteiger partial charge in [0.05, 0.1) is 42.5 Å². The van der Waals surface area contributed by atoms with Crippen LogP contribution < -0.4 is 4.74 Å². The van der Waals surface area contributed by atoms with Gasteiger partial charge in [-0.25, -0.2) is 0 Å². The number of aromatic amines is 1. The molecule has 1 aromatic heterocycles. The lowest BCUT2D eigenvalue weighted by Crippen LogP contribution is -2.36. The molecule has 0 unspecified atom stereocenters. The Labute approximate surface area is 219 Å². The van der Waals surface area contributed by atoms with Gasteiger partial charge in [0, 0.05) is 11.0 Å². The molecule has 8 nitrogen and oxygen atoms in total. The summed E-state index contributed by atoms with van der Waals surface area (Å²) in [5.41, 5.74) is 5.35. The molecule has 3 aromatic carbocycles. The number of aliphatic hydroxyl groups excluding tert-OH is 4. The fraction of sp³-hybridized carbons (Fsp3) is 0.321. The summed E-state index contributed by atoms with van der Waals surface area (Å²) in [7, 11) is 0. The molecule has 1 saturated heterocycles. The van der Waals surface area contributed by atoms with Crippen molar-refractivity contribution < 1.29 is 29.9 Å². The van der Waals surface area contributed by atoms with Crippen molar-refractivity contribution in [2.24, 2.45) is 0 Å². The fourth-order valence-corrected chi connectivity index (χ4v) is 4.76. The molecule has 0 saturated carbocycles. The molecule has 0 aliphatic carbocycles. The summed E-state index contributed by atoms with van der Waals surface area (Å²) >= 11 is 6.61. The molecule has 0 radical (unpaired) electrons. The first-order valence-electron chi connectivity index (χ1n) is 12.0. The minimum absolute atomic E-state index is 0.132. The maximum absolute atomic E-state index is 10.2. The summed E-state index contributed by atoms with van der Waals surface area (Å²) in [4.78, 5) is 7.57. The fourth-order valence-electron chi connectivity index (χ4n) is 4.49. The van der Waals surface area contributed by atoms with Gasteiger partial charge in [-0.1, -0.05) is 67.1 Å². The number of benzene rings is 3. The third-order valence-corrected chi connectivity index (χ3v) is 7.35. The lowest BCUT2D eigenvalue weighted by atomic mass is 9.83. The van der Waals surface area contributed by atoms with Gasteiger partial charge in [0.25, 0.3) is 6.01 Å². The van der Waals surface area contributed by atoms with Gasteiger partial charge in [0.2, 0.25) is 0 Å². The molecule has 0 amide bonds. The number of nitrogens with one attached hydrogen (secondary N) is 1. The van der Waals surface area contributed by atoms with Crippen molar-refractivity contribution in [2.45, 2.75) is 30.7 Å². The monoisotopic (exact) mass is 524 g/mol. The highest BCUT2D eigenvalue weighted by Crippen LogP contribution is 2.34. The Kier molecular flexibility index (Phi) is 7.22. The molecule has 37 heavy (non-hydrogen) atoms. The van der Waals surface area contributed by atoms with Crippen LogP contribution in [0.1, 0.15) is 12.5 Å². The van der Waals surface area contributed by atoms with E-state index in [1.807, 2.05) is 61.5 Å². The van der Waals surface area contributed by atoms with Crippen molar-refractivity contribution in [3.05, 3.63) is 71.2 Å². The van der Waals surface area contributed by atoms with Gasteiger partial charge in [0.1, 0.15) is 12.2 Å². The Morgan fingerprint density at radius 2 is 1.62 bits per heavy atom. The third kappa shape index (κ3) is 4.96. The molecule has 1 fully saturated rings. The smallest absolute Gasteiger partial charge is 0.295 e. The predicted molar refractivity (Wildman–Crippen MR) is 141 cm³/mol. The Bertz CT molecular complexity index is 1370. The molecular formula is C28H29ClN2O6. The topological polar surface area (TPSA) is 128 Å². The zero-order valence-electron chi connectivity index (χ0n) is 20.3. The van der Waals surface area contributed by atoms with Crippen molar-refractivity contribution in [1.29, 1.82) is 0 Å². The van der Waals surface area contributed by atoms with E-state index in [9.17, 15) is 20.4 Å². The van der Waals surface area contributed by atoms with E-state index >= 15 is 0 Å². The summed E-state index contributed by atoms with van der Waals surface area (Å²) in [6.45, 7) is 1.44. The Morgan fingerprint density at radius 1 is 1.00 bits per heavy atom. The zero-order chi connectivity index (χ0) is 26.2. The average Bonchev–Trinajstić information content (AvgIpc) is 3.49. The molecule has 0 bridgehead atoms. The van der Waals surface area contributed by atoms with Crippen LogP contribution in [0, 0.1) is 0 Å². The normalized spacial score (nSPS) is 20.0. The number of aliphatic hydroxyl groups is 4. The Hall–Kier alpha value is -2.98. The quantitative estimate of drug-likeness (QED) is 0.239. The average molecular weight is 525 g/mol. The van der Waals surface area contributed by atoms with Gasteiger partial charge in [0.15, 0.2) is 6.10 Å². The van der Waals surface area contributed by atoms with Crippen LogP contribution in [-0.4, -0.2) is 75.1 Å². The van der Waals surface area contributed by atoms with E-state index in [-0.39, 0.29) is 32.4 Å². The molecule has 2 heterocycles. The van der Waals surface area contributed by atoms with Gasteiger partial charge in [-0.3, -0.25) is 0 Å². The van der Waals surface area contributed by atoms with E-state index in [2.05, 4.69) is 9.97 Å². The largest absolute Gasteiger partial charge is 0.456 e. The summed E-state index contributed by atoms with van der Waals surface area (Å²) < 4.78 is 11.1. The number of H-pyrrole nitrogens is 1. The minimum Gasteiger partial charge on any atom is -0.456 e. The first-order valence-corrected chi connectivity index (χ1v) is 12.4. The van der Waals surface area contributed by atoms with Crippen molar-refractivity contribution in [3.8, 4) is 28.3 Å². The van der Waals surface area contributed by atoms with Crippen molar-refractivity contribution >= 4 is 22.6 Å². The molecule has 4 aromatic rings. The van der Waals surface area contributed by atoms with Gasteiger partial charge in [-0.05, 0) is 34.4 Å². The second kappa shape index (κ2) is 10.4. The van der Waals surface area contributed by atoms with E-state index < -0.39 is 23.7 Å². The number of fused-ring (bicyclic) bond motifs is 1. The Balaban J connectivity index is 1.36. The number of nitrogens with zero attached hydrogens (tertiary/aromatic N) is 1. The molecule has 1 aliphatic heterocycles. The first kappa shape index (κ1) is 25.7. The van der Waals surface area contributed by atoms with Gasteiger partial charge < -0.3 is 34.9 Å². The number of imidazole rings is 1. The zero-order valence-corrected chi connectivity index (χ0v) is 21.0. The van der Waals surface area contributed by atoms with E-state index in [1.165, 1.54) is 0 Å². The van der Waals surface area contributed by atoms with Crippen LogP contribution in [-0.2, 0) is 10.2 Å². The van der Waals surface area contributed by atoms with Crippen molar-refractivity contribution in [3.63, 3.8) is 0 Å². The van der Waals surface area contributed by atoms with Gasteiger partial charge in [-0.15, -0.1) is 0 Å². The number of hydrogen-bond donors (Lipinski definition) is 5. The summed E-state index contributed by atoms with van der Waals surface area (Å²) in [6.07, 6.45) is -2.24. The predicted octanol–water partition coefficient (Wildman–Crippen LogP) is 3.29. The van der Waals surface area contributed by atoms with Crippen LogP contribution in [0.25, 0.3) is 33.3 Å². The number of halogens is 1. The van der Waals surface area contributed by atoms with E-state index in [1.54, 1.807) is 6.07 Å². The van der Waals surface area contributed by atoms with Crippen LogP contribution in [0.5, 0.6) is 6.01 Å². The van der Waals surface area contributed by atoms with Crippen LogP contribution in [0.15, 0.2) is 60.7 Å². The molecule has 9 heteroatoms. The maximum atomic E-state index is 10.2. The maximum Gasteiger partial charge on any atom is 0.295 e. The highest BCUT2D eigenvalue weighted by molar-refractivity contribution is 6.34. The molecular weight excluding hydrogens is 496 g/mol. The lowest BCUT2D eigenvalue weighted by Gasteiger charge is -2.25. The minimum atomic E-state index is -0.944. The number of rotatable bonds is 8. The second-order valence-corrected chi connectivity index (χ2v) is 10.0. The first-order chi connectivity index (χ1) is 17.8. The number of ether oxygens (including phenoxy) is 2. The van der Waals surface area contributed by atoms with E-state index in [4.69, 9.17) is 21.1 Å². The molecule has 5 rings (SSSR count). The van der Waals surface area contributed by atoms with E-state index in [0.29, 0.717) is 16.1 Å². The van der Waals surface area contributed by atoms with Gasteiger partial charge >= 0.3 is 0 Å². The molecule has 3 atom stereocenters. The summed E-state index contributed by atoms with van der Waals surface area (Å²) in [5.74, 6) is 0. The number of hydrogen-bond acceptors (Lipinski definition) is 7. The van der Waals surface area contributed by atoms with Crippen LogP contribution in [0.3, 0.4) is 0 Å². The lowest BCUT2D eigenvalue weighted by molar-refractivity contribution is -0.00390. The highest BCUT2D eigenvalue weighted by atomic mass is 35.5. The summed E-state index contributed by atoms with van der Waals surface area (Å²) in [5, 5.41) is 39.3. The van der Waals surface area contributed by atoms with Crippen molar-refractivity contribution in [1.82, 2.24) is 9.97 Å². The third-order valence-electron chi connectivity index (χ3n) is 7.04. The Morgan fingerprint density at radius 3 is 2.22 bits per heavy atom. The van der Waals surface area contributed by atoms with Gasteiger partial charge in [-0.2, -0.15) is 4.98 Å². The van der Waals surface area contributed by atoms with Crippen LogP contribution >= 0.6 is 11.6 Å². The van der Waals surface area contributed by atoms with Crippen molar-refractivity contribution in [2.75, 3.05) is 26.4 Å². The number of aromatic nitrogens is 2. The van der Waals surface area contributed by atoms with Crippen LogP contribution in [0.2, 0.25) is 5.02 Å². The molecule has 194 valence electrons. The molecule has 5 N–H and O–H groups in total. The summed E-state index contributed by atoms with van der Waals surface area (Å²) in [6, 6.07) is 19.7. The van der Waals surface area contributed by atoms with E-state index in [0.717, 1.165) is 27.8 Å². The van der Waals surface area contributed by atoms with Crippen LogP contribution in [0.4, 0.5) is 0 Å². The second-order valence-electron chi connectivity index (χ2n) is 9.62. The molecule has 1 aliphatic rings. The SMILES string of the molecule is CC(CO)(CO)c1ccc(-c2ccc(-c3cc4nc(O[C@@H]5CO[C@H](CO)[C@H]5O)[nH]c4cc3Cl)cc2)cc1. The highest BCUT2D eigenvalue weighted by Gasteiger charge is 2.37.